The number of carbonyl (C=O) groups excluding carboxylic acids is 1. The fraction of sp³-hybridized carbons (Fsp3) is 0.462. The number of fused-ring (bicyclic) bond motifs is 1. The number of carbonyl (C=O) groups is 1. The molecule has 0 fully saturated rings. The van der Waals surface area contributed by atoms with Crippen LogP contribution in [0, 0.1) is 0 Å². The van der Waals surface area contributed by atoms with Gasteiger partial charge in [0.15, 0.2) is 5.65 Å². The molecular formula is C13H18N4O2. The summed E-state index contributed by atoms with van der Waals surface area (Å²) in [5.74, 6) is -0.251. The molecule has 0 aliphatic rings. The third-order valence-electron chi connectivity index (χ3n) is 3.36. The van der Waals surface area contributed by atoms with Crippen LogP contribution in [-0.4, -0.2) is 37.7 Å². The van der Waals surface area contributed by atoms with E-state index in [4.69, 9.17) is 0 Å². The standard InChI is InChI=1S/C13H18N4O2/c1-4-13(2,7-18)16-12(19)9-5-10-11(14-6-9)17(3)8-15-10/h5-6,8,18H,4,7H2,1-3H3,(H,16,19). The Morgan fingerprint density at radius 1 is 1.53 bits per heavy atom. The van der Waals surface area contributed by atoms with Crippen LogP contribution in [0.3, 0.4) is 0 Å². The first-order valence-electron chi connectivity index (χ1n) is 6.19. The van der Waals surface area contributed by atoms with Crippen LogP contribution in [0.1, 0.15) is 30.6 Å². The molecule has 2 heterocycles. The Hall–Kier alpha value is -1.95. The molecule has 6 nitrogen and oxygen atoms in total. The summed E-state index contributed by atoms with van der Waals surface area (Å²) in [5.41, 5.74) is 1.24. The van der Waals surface area contributed by atoms with Gasteiger partial charge in [-0.15, -0.1) is 0 Å². The van der Waals surface area contributed by atoms with E-state index in [-0.39, 0.29) is 12.5 Å². The van der Waals surface area contributed by atoms with Crippen molar-refractivity contribution in [2.75, 3.05) is 6.61 Å². The molecule has 102 valence electrons. The van der Waals surface area contributed by atoms with E-state index in [1.165, 1.54) is 6.20 Å². The summed E-state index contributed by atoms with van der Waals surface area (Å²) in [7, 11) is 1.85. The van der Waals surface area contributed by atoms with Crippen molar-refractivity contribution >= 4 is 17.1 Å². The molecule has 0 aromatic carbocycles. The van der Waals surface area contributed by atoms with Gasteiger partial charge < -0.3 is 15.0 Å². The van der Waals surface area contributed by atoms with E-state index in [0.29, 0.717) is 17.5 Å². The van der Waals surface area contributed by atoms with E-state index in [9.17, 15) is 9.90 Å². The third kappa shape index (κ3) is 2.58. The molecule has 2 N–H and O–H groups in total. The van der Waals surface area contributed by atoms with Crippen LogP contribution in [-0.2, 0) is 7.05 Å². The van der Waals surface area contributed by atoms with Gasteiger partial charge in [0.05, 0.1) is 24.0 Å². The molecule has 0 saturated heterocycles. The Balaban J connectivity index is 2.26. The topological polar surface area (TPSA) is 80.0 Å². The fourth-order valence-electron chi connectivity index (χ4n) is 1.73. The minimum absolute atomic E-state index is 0.103. The van der Waals surface area contributed by atoms with Crippen LogP contribution in [0.5, 0.6) is 0 Å². The Morgan fingerprint density at radius 3 is 2.89 bits per heavy atom. The number of aromatic nitrogens is 3. The fourth-order valence-corrected chi connectivity index (χ4v) is 1.73. The summed E-state index contributed by atoms with van der Waals surface area (Å²) >= 11 is 0. The average molecular weight is 262 g/mol. The summed E-state index contributed by atoms with van der Waals surface area (Å²) in [5, 5.41) is 12.1. The Kier molecular flexibility index (Phi) is 3.53. The number of nitrogens with one attached hydrogen (secondary N) is 1. The second kappa shape index (κ2) is 4.97. The van der Waals surface area contributed by atoms with Gasteiger partial charge in [-0.3, -0.25) is 4.79 Å². The maximum atomic E-state index is 12.1. The first-order valence-corrected chi connectivity index (χ1v) is 6.19. The average Bonchev–Trinajstić information content (AvgIpc) is 2.79. The molecule has 1 amide bonds. The van der Waals surface area contributed by atoms with Crippen LogP contribution in [0.2, 0.25) is 0 Å². The smallest absolute Gasteiger partial charge is 0.253 e. The van der Waals surface area contributed by atoms with Crippen molar-refractivity contribution in [1.29, 1.82) is 0 Å². The molecule has 2 aromatic heterocycles. The molecule has 2 aromatic rings. The van der Waals surface area contributed by atoms with Crippen LogP contribution in [0.25, 0.3) is 11.2 Å². The lowest BCUT2D eigenvalue weighted by Crippen LogP contribution is -2.48. The van der Waals surface area contributed by atoms with E-state index in [2.05, 4.69) is 15.3 Å². The molecule has 1 atom stereocenters. The summed E-state index contributed by atoms with van der Waals surface area (Å²) in [6, 6.07) is 1.70. The molecule has 0 aliphatic carbocycles. The molecule has 0 radical (unpaired) electrons. The van der Waals surface area contributed by atoms with Gasteiger partial charge in [0, 0.05) is 13.2 Å². The lowest BCUT2D eigenvalue weighted by molar-refractivity contribution is 0.0847. The Morgan fingerprint density at radius 2 is 2.26 bits per heavy atom. The van der Waals surface area contributed by atoms with Crippen LogP contribution in [0.15, 0.2) is 18.6 Å². The van der Waals surface area contributed by atoms with Gasteiger partial charge in [-0.1, -0.05) is 6.92 Å². The highest BCUT2D eigenvalue weighted by atomic mass is 16.3. The van der Waals surface area contributed by atoms with E-state index >= 15 is 0 Å². The molecule has 0 bridgehead atoms. The third-order valence-corrected chi connectivity index (χ3v) is 3.36. The zero-order chi connectivity index (χ0) is 14.0. The summed E-state index contributed by atoms with van der Waals surface area (Å²) in [6.45, 7) is 3.61. The molecule has 6 heteroatoms. The number of hydrogen-bond acceptors (Lipinski definition) is 4. The molecule has 0 aliphatic heterocycles. The van der Waals surface area contributed by atoms with Crippen LogP contribution in [0.4, 0.5) is 0 Å². The first-order chi connectivity index (χ1) is 8.99. The monoisotopic (exact) mass is 262 g/mol. The van der Waals surface area contributed by atoms with Gasteiger partial charge in [0.2, 0.25) is 0 Å². The number of pyridine rings is 1. The highest BCUT2D eigenvalue weighted by molar-refractivity contribution is 5.96. The Bertz CT molecular complexity index is 602. The van der Waals surface area contributed by atoms with Crippen molar-refractivity contribution in [1.82, 2.24) is 19.9 Å². The maximum absolute atomic E-state index is 12.1. The zero-order valence-electron chi connectivity index (χ0n) is 11.3. The van der Waals surface area contributed by atoms with Crippen molar-refractivity contribution in [3.8, 4) is 0 Å². The number of nitrogens with zero attached hydrogens (tertiary/aromatic N) is 3. The van der Waals surface area contributed by atoms with Crippen molar-refractivity contribution in [3.63, 3.8) is 0 Å². The normalized spacial score (nSPS) is 14.3. The Labute approximate surface area is 111 Å². The molecule has 0 saturated carbocycles. The molecule has 1 unspecified atom stereocenters. The summed E-state index contributed by atoms with van der Waals surface area (Å²) in [6.07, 6.45) is 3.82. The number of rotatable bonds is 4. The van der Waals surface area contributed by atoms with Crippen molar-refractivity contribution in [3.05, 3.63) is 24.2 Å². The summed E-state index contributed by atoms with van der Waals surface area (Å²) in [4.78, 5) is 20.5. The largest absolute Gasteiger partial charge is 0.394 e. The van der Waals surface area contributed by atoms with Gasteiger partial charge in [-0.25, -0.2) is 9.97 Å². The zero-order valence-corrected chi connectivity index (χ0v) is 11.3. The number of hydrogen-bond donors (Lipinski definition) is 2. The second-order valence-electron chi connectivity index (χ2n) is 4.95. The number of aryl methyl sites for hydroxylation is 1. The molecular weight excluding hydrogens is 244 g/mol. The van der Waals surface area contributed by atoms with Crippen molar-refractivity contribution < 1.29 is 9.90 Å². The lowest BCUT2D eigenvalue weighted by atomic mass is 10.00. The number of imidazole rings is 1. The minimum atomic E-state index is -0.615. The SMILES string of the molecule is CCC(C)(CO)NC(=O)c1cnc2c(c1)ncn2C. The molecule has 0 spiro atoms. The highest BCUT2D eigenvalue weighted by Gasteiger charge is 2.24. The molecule has 19 heavy (non-hydrogen) atoms. The maximum Gasteiger partial charge on any atom is 0.253 e. The lowest BCUT2D eigenvalue weighted by Gasteiger charge is -2.27. The first kappa shape index (κ1) is 13.5. The van der Waals surface area contributed by atoms with E-state index in [0.717, 1.165) is 5.65 Å². The van der Waals surface area contributed by atoms with Crippen LogP contribution < -0.4 is 5.32 Å². The van der Waals surface area contributed by atoms with E-state index in [1.807, 2.05) is 14.0 Å². The van der Waals surface area contributed by atoms with E-state index in [1.54, 1.807) is 23.9 Å². The van der Waals surface area contributed by atoms with Gasteiger partial charge in [-0.05, 0) is 19.4 Å². The minimum Gasteiger partial charge on any atom is -0.394 e. The van der Waals surface area contributed by atoms with Gasteiger partial charge in [0.1, 0.15) is 5.52 Å². The van der Waals surface area contributed by atoms with Gasteiger partial charge >= 0.3 is 0 Å². The highest BCUT2D eigenvalue weighted by Crippen LogP contribution is 2.13. The van der Waals surface area contributed by atoms with Gasteiger partial charge in [0.25, 0.3) is 5.91 Å². The summed E-state index contributed by atoms with van der Waals surface area (Å²) < 4.78 is 1.79. The number of aliphatic hydroxyl groups is 1. The van der Waals surface area contributed by atoms with Crippen molar-refractivity contribution in [2.24, 2.45) is 7.05 Å². The second-order valence-corrected chi connectivity index (χ2v) is 4.95. The predicted molar refractivity (Wildman–Crippen MR) is 71.8 cm³/mol. The predicted octanol–water partition coefficient (Wildman–Crippen LogP) is 0.859. The number of aliphatic hydroxyl groups excluding tert-OH is 1. The van der Waals surface area contributed by atoms with Crippen molar-refractivity contribution in [2.45, 2.75) is 25.8 Å². The number of amides is 1. The quantitative estimate of drug-likeness (QED) is 0.856. The van der Waals surface area contributed by atoms with E-state index < -0.39 is 5.54 Å². The van der Waals surface area contributed by atoms with Crippen LogP contribution >= 0.6 is 0 Å². The molecule has 2 rings (SSSR count). The van der Waals surface area contributed by atoms with Gasteiger partial charge in [-0.2, -0.15) is 0 Å².